The molecule has 4 aromatic carbocycles. The highest BCUT2D eigenvalue weighted by molar-refractivity contribution is 6.13. The molecule has 2 heteroatoms. The molecular formula is C35H42O2. The minimum absolute atomic E-state index is 0.500. The molecule has 0 radical (unpaired) electrons. The predicted molar refractivity (Wildman–Crippen MR) is 161 cm³/mol. The molecule has 4 aromatic rings. The summed E-state index contributed by atoms with van der Waals surface area (Å²) in [5, 5.41) is 5.24. The zero-order valence-electron chi connectivity index (χ0n) is 23.7. The largest absolute Gasteiger partial charge is 0.489 e. The lowest BCUT2D eigenvalue weighted by Crippen LogP contribution is -2.11. The van der Waals surface area contributed by atoms with E-state index in [4.69, 9.17) is 9.47 Å². The zero-order valence-corrected chi connectivity index (χ0v) is 23.7. The van der Waals surface area contributed by atoms with Crippen LogP contribution in [-0.4, -0.2) is 13.2 Å². The maximum absolute atomic E-state index is 6.27. The predicted octanol–water partition coefficient (Wildman–Crippen LogP) is 9.94. The summed E-state index contributed by atoms with van der Waals surface area (Å²) in [6.45, 7) is 16.8. The van der Waals surface area contributed by atoms with Crippen molar-refractivity contribution in [2.45, 2.75) is 61.3 Å². The first-order valence-electron chi connectivity index (χ1n) is 13.8. The Bertz CT molecular complexity index is 1410. The van der Waals surface area contributed by atoms with Crippen molar-refractivity contribution in [2.24, 2.45) is 11.8 Å². The summed E-state index contributed by atoms with van der Waals surface area (Å²) in [6.07, 6.45) is 6.67. The van der Waals surface area contributed by atoms with Crippen LogP contribution in [0.5, 0.6) is 11.5 Å². The zero-order chi connectivity index (χ0) is 26.5. The summed E-state index contributed by atoms with van der Waals surface area (Å²) < 4.78 is 12.4. The average Bonchev–Trinajstić information content (AvgIpc) is 2.90. The first-order chi connectivity index (χ1) is 17.8. The molecule has 0 N–H and O–H groups in total. The van der Waals surface area contributed by atoms with Gasteiger partial charge in [0.05, 0.1) is 13.2 Å². The Balaban J connectivity index is 1.75. The molecule has 2 atom stereocenters. The summed E-state index contributed by atoms with van der Waals surface area (Å²) in [4.78, 5) is 0. The molecule has 2 nitrogen and oxygen atoms in total. The van der Waals surface area contributed by atoms with Gasteiger partial charge in [0.15, 0.2) is 11.5 Å². The Labute approximate surface area is 223 Å². The first kappa shape index (κ1) is 26.8. The third kappa shape index (κ3) is 6.18. The average molecular weight is 495 g/mol. The van der Waals surface area contributed by atoms with Crippen LogP contribution < -0.4 is 9.47 Å². The van der Waals surface area contributed by atoms with Gasteiger partial charge >= 0.3 is 0 Å². The molecule has 0 saturated heterocycles. The van der Waals surface area contributed by atoms with E-state index >= 15 is 0 Å². The third-order valence-corrected chi connectivity index (χ3v) is 7.59. The van der Waals surface area contributed by atoms with E-state index in [9.17, 15) is 0 Å². The Morgan fingerprint density at radius 2 is 1.19 bits per heavy atom. The first-order valence-corrected chi connectivity index (χ1v) is 13.8. The minimum atomic E-state index is 0.500. The fraction of sp³-hybridized carbons (Fsp3) is 0.371. The summed E-state index contributed by atoms with van der Waals surface area (Å²) in [5.74, 6) is 2.68. The summed E-state index contributed by atoms with van der Waals surface area (Å²) in [6, 6.07) is 19.9. The van der Waals surface area contributed by atoms with Crippen LogP contribution in [0.25, 0.3) is 33.7 Å². The summed E-state index contributed by atoms with van der Waals surface area (Å²) in [5.41, 5.74) is 6.26. The Morgan fingerprint density at radius 3 is 1.81 bits per heavy atom. The molecule has 0 aliphatic rings. The molecule has 0 aromatic heterocycles. The van der Waals surface area contributed by atoms with Crippen molar-refractivity contribution >= 4 is 33.7 Å². The molecule has 0 amide bonds. The Morgan fingerprint density at radius 1 is 0.622 bits per heavy atom. The van der Waals surface area contributed by atoms with Crippen LogP contribution in [0.1, 0.15) is 68.4 Å². The van der Waals surface area contributed by atoms with Crippen LogP contribution in [-0.2, 0) is 0 Å². The van der Waals surface area contributed by atoms with E-state index in [0.717, 1.165) is 29.9 Å². The fourth-order valence-corrected chi connectivity index (χ4v) is 4.62. The van der Waals surface area contributed by atoms with E-state index < -0.39 is 0 Å². The molecule has 194 valence electrons. The van der Waals surface area contributed by atoms with Gasteiger partial charge in [-0.25, -0.2) is 0 Å². The standard InChI is InChI=1S/C35H42O2/c1-8-23(3)21-36-34-17-13-28(20-35(34)37-22-24(4)9-2)12-16-29-27(7)32-18-25(5)10-14-30(32)31-15-11-26(6)19-33(29)31/h10-20,23-24H,8-9,21-22H2,1-7H3/b16-12+. The maximum atomic E-state index is 6.27. The molecule has 0 aliphatic heterocycles. The van der Waals surface area contributed by atoms with Gasteiger partial charge in [-0.2, -0.15) is 0 Å². The summed E-state index contributed by atoms with van der Waals surface area (Å²) >= 11 is 0. The van der Waals surface area contributed by atoms with Crippen molar-refractivity contribution in [1.82, 2.24) is 0 Å². The number of aryl methyl sites for hydroxylation is 3. The third-order valence-electron chi connectivity index (χ3n) is 7.59. The normalized spacial score (nSPS) is 13.4. The van der Waals surface area contributed by atoms with E-state index in [2.05, 4.69) is 115 Å². The lowest BCUT2D eigenvalue weighted by atomic mass is 9.90. The quantitative estimate of drug-likeness (QED) is 0.161. The molecule has 0 spiro atoms. The molecule has 4 rings (SSSR count). The molecule has 2 unspecified atom stereocenters. The van der Waals surface area contributed by atoms with Gasteiger partial charge in [0.1, 0.15) is 0 Å². The SMILES string of the molecule is CCC(C)COc1ccc(/C=C/c2c(C)c3cc(C)ccc3c3ccc(C)cc23)cc1OCC(C)CC. The van der Waals surface area contributed by atoms with Crippen LogP contribution in [0, 0.1) is 32.6 Å². The monoisotopic (exact) mass is 494 g/mol. The van der Waals surface area contributed by atoms with Gasteiger partial charge in [-0.3, -0.25) is 0 Å². The summed E-state index contributed by atoms with van der Waals surface area (Å²) in [7, 11) is 0. The number of fused-ring (bicyclic) bond motifs is 3. The van der Waals surface area contributed by atoms with Gasteiger partial charge < -0.3 is 9.47 Å². The highest BCUT2D eigenvalue weighted by Crippen LogP contribution is 2.36. The highest BCUT2D eigenvalue weighted by Gasteiger charge is 2.12. The number of hydrogen-bond donors (Lipinski definition) is 0. The Hall–Kier alpha value is -3.26. The minimum Gasteiger partial charge on any atom is -0.489 e. The van der Waals surface area contributed by atoms with Gasteiger partial charge in [0.25, 0.3) is 0 Å². The fourth-order valence-electron chi connectivity index (χ4n) is 4.62. The molecule has 0 saturated carbocycles. The van der Waals surface area contributed by atoms with Crippen molar-refractivity contribution < 1.29 is 9.47 Å². The second-order valence-electron chi connectivity index (χ2n) is 10.8. The molecule has 0 fully saturated rings. The van der Waals surface area contributed by atoms with Crippen molar-refractivity contribution in [3.8, 4) is 11.5 Å². The van der Waals surface area contributed by atoms with Crippen molar-refractivity contribution in [2.75, 3.05) is 13.2 Å². The molecule has 37 heavy (non-hydrogen) atoms. The van der Waals surface area contributed by atoms with Crippen LogP contribution in [0.4, 0.5) is 0 Å². The lowest BCUT2D eigenvalue weighted by Gasteiger charge is -2.17. The highest BCUT2D eigenvalue weighted by atomic mass is 16.5. The van der Waals surface area contributed by atoms with E-state index in [-0.39, 0.29) is 0 Å². The number of rotatable bonds is 10. The second kappa shape index (κ2) is 11.9. The van der Waals surface area contributed by atoms with Crippen LogP contribution >= 0.6 is 0 Å². The van der Waals surface area contributed by atoms with Crippen molar-refractivity contribution in [3.05, 3.63) is 82.4 Å². The molecule has 0 aliphatic carbocycles. The smallest absolute Gasteiger partial charge is 0.161 e. The molecule has 0 bridgehead atoms. The van der Waals surface area contributed by atoms with E-state index in [1.165, 1.54) is 43.8 Å². The molecule has 0 heterocycles. The van der Waals surface area contributed by atoms with E-state index in [1.54, 1.807) is 0 Å². The van der Waals surface area contributed by atoms with E-state index in [1.807, 2.05) is 0 Å². The number of benzene rings is 4. The van der Waals surface area contributed by atoms with Gasteiger partial charge in [0.2, 0.25) is 0 Å². The van der Waals surface area contributed by atoms with Gasteiger partial charge in [-0.1, -0.05) is 106 Å². The van der Waals surface area contributed by atoms with Crippen LogP contribution in [0.3, 0.4) is 0 Å². The van der Waals surface area contributed by atoms with Crippen LogP contribution in [0.2, 0.25) is 0 Å². The second-order valence-corrected chi connectivity index (χ2v) is 10.8. The van der Waals surface area contributed by atoms with E-state index in [0.29, 0.717) is 25.0 Å². The van der Waals surface area contributed by atoms with Gasteiger partial charge in [0, 0.05) is 0 Å². The number of hydrogen-bond acceptors (Lipinski definition) is 2. The topological polar surface area (TPSA) is 18.5 Å². The maximum Gasteiger partial charge on any atom is 0.161 e. The number of ether oxygens (including phenoxy) is 2. The Kier molecular flexibility index (Phi) is 8.59. The molecular weight excluding hydrogens is 452 g/mol. The van der Waals surface area contributed by atoms with Crippen molar-refractivity contribution in [3.63, 3.8) is 0 Å². The lowest BCUT2D eigenvalue weighted by molar-refractivity contribution is 0.217. The van der Waals surface area contributed by atoms with Crippen molar-refractivity contribution in [1.29, 1.82) is 0 Å². The van der Waals surface area contributed by atoms with Crippen LogP contribution in [0.15, 0.2) is 54.6 Å². The van der Waals surface area contributed by atoms with Gasteiger partial charge in [-0.05, 0) is 83.0 Å². The van der Waals surface area contributed by atoms with Gasteiger partial charge in [-0.15, -0.1) is 0 Å².